The molecule has 0 radical (unpaired) electrons. The van der Waals surface area contributed by atoms with Crippen LogP contribution in [0.15, 0.2) is 12.2 Å². The van der Waals surface area contributed by atoms with E-state index in [1.54, 1.807) is 0 Å². The average molecular weight is 340 g/mol. The summed E-state index contributed by atoms with van der Waals surface area (Å²) in [5.41, 5.74) is 0.0207. The van der Waals surface area contributed by atoms with Gasteiger partial charge in [0.15, 0.2) is 5.78 Å². The number of hydrogen-bond donors (Lipinski definition) is 0. The highest BCUT2D eigenvalue weighted by atomic mass is 16.5. The van der Waals surface area contributed by atoms with Crippen molar-refractivity contribution in [2.75, 3.05) is 13.2 Å². The van der Waals surface area contributed by atoms with Gasteiger partial charge in [0.25, 0.3) is 0 Å². The maximum absolute atomic E-state index is 11.7. The Morgan fingerprint density at radius 1 is 0.833 bits per heavy atom. The van der Waals surface area contributed by atoms with Crippen molar-refractivity contribution in [1.29, 1.82) is 0 Å². The summed E-state index contributed by atoms with van der Waals surface area (Å²) in [6.45, 7) is 7.85. The molecule has 0 atom stereocenters. The third-order valence-electron chi connectivity index (χ3n) is 3.58. The Balaban J connectivity index is 3.80. The van der Waals surface area contributed by atoms with E-state index in [-0.39, 0.29) is 24.4 Å². The fourth-order valence-electron chi connectivity index (χ4n) is 2.08. The summed E-state index contributed by atoms with van der Waals surface area (Å²) in [6, 6.07) is 0. The molecule has 0 aliphatic rings. The van der Waals surface area contributed by atoms with E-state index in [2.05, 4.69) is 20.4 Å². The van der Waals surface area contributed by atoms with Gasteiger partial charge < -0.3 is 9.47 Å². The van der Waals surface area contributed by atoms with Gasteiger partial charge in [-0.3, -0.25) is 9.59 Å². The first-order chi connectivity index (χ1) is 11.5. The molecule has 5 nitrogen and oxygen atoms in total. The minimum Gasteiger partial charge on any atom is -0.465 e. The summed E-state index contributed by atoms with van der Waals surface area (Å²) < 4.78 is 9.92. The van der Waals surface area contributed by atoms with Crippen LogP contribution in [-0.4, -0.2) is 30.9 Å². The van der Waals surface area contributed by atoms with E-state index in [1.165, 1.54) is 0 Å². The Labute approximate surface area is 145 Å². The van der Waals surface area contributed by atoms with Crippen LogP contribution in [0.5, 0.6) is 0 Å². The molecule has 0 amide bonds. The molecule has 0 aliphatic heterocycles. The fraction of sp³-hybridized carbons (Fsp3) is 0.737. The molecule has 24 heavy (non-hydrogen) atoms. The van der Waals surface area contributed by atoms with Gasteiger partial charge in [0.1, 0.15) is 6.61 Å². The van der Waals surface area contributed by atoms with Gasteiger partial charge in [-0.2, -0.15) is 0 Å². The molecule has 0 heterocycles. The van der Waals surface area contributed by atoms with Crippen molar-refractivity contribution in [3.05, 3.63) is 12.2 Å². The third kappa shape index (κ3) is 12.9. The summed E-state index contributed by atoms with van der Waals surface area (Å²) >= 11 is 0. The normalized spacial score (nSPS) is 10.2. The lowest BCUT2D eigenvalue weighted by molar-refractivity contribution is -0.147. The summed E-state index contributed by atoms with van der Waals surface area (Å²) in [5, 5.41) is 0. The van der Waals surface area contributed by atoms with Crippen LogP contribution in [0.25, 0.3) is 0 Å². The number of carbonyl (C=O) groups excluding carboxylic acids is 3. The highest BCUT2D eigenvalue weighted by Gasteiger charge is 2.15. The minimum absolute atomic E-state index is 0.0207. The standard InChI is InChI=1S/C19H32O5/c1-4-6-8-10-12-17(20)15-24-19(22)16(3)14-18(21)23-13-11-9-7-5-2/h3-15H2,1-2H3. The molecule has 138 valence electrons. The first-order valence-electron chi connectivity index (χ1n) is 9.03. The number of unbranched alkanes of at least 4 members (excludes halogenated alkanes) is 6. The maximum Gasteiger partial charge on any atom is 0.334 e. The molecule has 0 rings (SSSR count). The van der Waals surface area contributed by atoms with Gasteiger partial charge in [-0.1, -0.05) is 59.0 Å². The lowest BCUT2D eigenvalue weighted by Crippen LogP contribution is -2.17. The largest absolute Gasteiger partial charge is 0.465 e. The van der Waals surface area contributed by atoms with Crippen LogP contribution in [0.1, 0.15) is 78.1 Å². The van der Waals surface area contributed by atoms with E-state index in [1.807, 2.05) is 0 Å². The fourth-order valence-corrected chi connectivity index (χ4v) is 2.08. The highest BCUT2D eigenvalue weighted by molar-refractivity contribution is 5.94. The van der Waals surface area contributed by atoms with E-state index in [4.69, 9.17) is 9.47 Å². The van der Waals surface area contributed by atoms with Crippen molar-refractivity contribution in [1.82, 2.24) is 0 Å². The van der Waals surface area contributed by atoms with Gasteiger partial charge in [-0.25, -0.2) is 4.79 Å². The predicted molar refractivity (Wildman–Crippen MR) is 93.6 cm³/mol. The smallest absolute Gasteiger partial charge is 0.334 e. The number of ether oxygens (including phenoxy) is 2. The Morgan fingerprint density at radius 3 is 2.08 bits per heavy atom. The Bertz CT molecular complexity index is 401. The first kappa shape index (κ1) is 22.4. The second-order valence-electron chi connectivity index (χ2n) is 5.99. The van der Waals surface area contributed by atoms with Crippen molar-refractivity contribution in [3.63, 3.8) is 0 Å². The van der Waals surface area contributed by atoms with Crippen LogP contribution < -0.4 is 0 Å². The average Bonchev–Trinajstić information content (AvgIpc) is 2.56. The summed E-state index contributed by atoms with van der Waals surface area (Å²) in [6.07, 6.45) is 8.33. The van der Waals surface area contributed by atoms with Crippen molar-refractivity contribution in [2.24, 2.45) is 0 Å². The molecule has 0 aliphatic carbocycles. The van der Waals surface area contributed by atoms with Gasteiger partial charge >= 0.3 is 11.9 Å². The lowest BCUT2D eigenvalue weighted by atomic mass is 10.1. The third-order valence-corrected chi connectivity index (χ3v) is 3.58. The van der Waals surface area contributed by atoms with Crippen molar-refractivity contribution >= 4 is 17.7 Å². The molecule has 0 aromatic rings. The first-order valence-corrected chi connectivity index (χ1v) is 9.03. The zero-order valence-corrected chi connectivity index (χ0v) is 15.2. The van der Waals surface area contributed by atoms with Crippen LogP contribution in [-0.2, 0) is 23.9 Å². The number of Topliss-reactive ketones (excluding diaryl/α,β-unsaturated/α-hetero) is 1. The molecule has 0 spiro atoms. The van der Waals surface area contributed by atoms with E-state index in [9.17, 15) is 14.4 Å². The molecule has 5 heteroatoms. The number of hydrogen-bond acceptors (Lipinski definition) is 5. The summed E-state index contributed by atoms with van der Waals surface area (Å²) in [7, 11) is 0. The van der Waals surface area contributed by atoms with Crippen molar-refractivity contribution in [2.45, 2.75) is 78.1 Å². The topological polar surface area (TPSA) is 69.7 Å². The molecule has 0 fully saturated rings. The van der Waals surface area contributed by atoms with E-state index >= 15 is 0 Å². The van der Waals surface area contributed by atoms with Gasteiger partial charge in [-0.05, 0) is 12.8 Å². The van der Waals surface area contributed by atoms with Gasteiger partial charge in [0, 0.05) is 12.0 Å². The molecule has 0 bridgehead atoms. The second-order valence-corrected chi connectivity index (χ2v) is 5.99. The molecular formula is C19H32O5. The van der Waals surface area contributed by atoms with Gasteiger partial charge in [-0.15, -0.1) is 0 Å². The zero-order chi connectivity index (χ0) is 18.2. The number of ketones is 1. The van der Waals surface area contributed by atoms with E-state index in [0.717, 1.165) is 51.4 Å². The van der Waals surface area contributed by atoms with Crippen molar-refractivity contribution in [3.8, 4) is 0 Å². The zero-order valence-electron chi connectivity index (χ0n) is 15.2. The molecule has 0 saturated heterocycles. The quantitative estimate of drug-likeness (QED) is 0.254. The van der Waals surface area contributed by atoms with Crippen LogP contribution in [0, 0.1) is 0 Å². The minimum atomic E-state index is -0.708. The Morgan fingerprint density at radius 2 is 1.46 bits per heavy atom. The SMILES string of the molecule is C=C(CC(=O)OCCCCCC)C(=O)OCC(=O)CCCCCC. The monoisotopic (exact) mass is 340 g/mol. The molecular weight excluding hydrogens is 308 g/mol. The Hall–Kier alpha value is -1.65. The predicted octanol–water partition coefficient (Wildman–Crippen LogP) is 4.14. The lowest BCUT2D eigenvalue weighted by Gasteiger charge is -2.07. The van der Waals surface area contributed by atoms with Crippen LogP contribution in [0.4, 0.5) is 0 Å². The molecule has 0 N–H and O–H groups in total. The van der Waals surface area contributed by atoms with Crippen LogP contribution in [0.3, 0.4) is 0 Å². The number of rotatable bonds is 15. The van der Waals surface area contributed by atoms with Crippen LogP contribution >= 0.6 is 0 Å². The number of esters is 2. The molecule has 0 saturated carbocycles. The molecule has 0 aromatic heterocycles. The molecule has 0 aromatic carbocycles. The second kappa shape index (κ2) is 14.9. The highest BCUT2D eigenvalue weighted by Crippen LogP contribution is 2.07. The summed E-state index contributed by atoms with van der Waals surface area (Å²) in [4.78, 5) is 34.9. The summed E-state index contributed by atoms with van der Waals surface area (Å²) in [5.74, 6) is -1.30. The van der Waals surface area contributed by atoms with E-state index < -0.39 is 11.9 Å². The van der Waals surface area contributed by atoms with Crippen LogP contribution in [0.2, 0.25) is 0 Å². The molecule has 0 unspecified atom stereocenters. The van der Waals surface area contributed by atoms with E-state index in [0.29, 0.717) is 13.0 Å². The van der Waals surface area contributed by atoms with Gasteiger partial charge in [0.05, 0.1) is 13.0 Å². The maximum atomic E-state index is 11.7. The Kier molecular flexibility index (Phi) is 13.9. The number of carbonyl (C=O) groups is 3. The van der Waals surface area contributed by atoms with Crippen molar-refractivity contribution < 1.29 is 23.9 Å². The van der Waals surface area contributed by atoms with Gasteiger partial charge in [0.2, 0.25) is 0 Å².